The van der Waals surface area contributed by atoms with Gasteiger partial charge >= 0.3 is 5.97 Å². The summed E-state index contributed by atoms with van der Waals surface area (Å²) >= 11 is 1.39. The zero-order chi connectivity index (χ0) is 15.4. The van der Waals surface area contributed by atoms with E-state index in [0.717, 1.165) is 10.6 Å². The summed E-state index contributed by atoms with van der Waals surface area (Å²) in [5.74, 6) is -0.821. The first kappa shape index (κ1) is 15.2. The largest absolute Gasteiger partial charge is 0.478 e. The number of benzene rings is 1. The number of aromatic carboxylic acids is 1. The molecule has 110 valence electrons. The maximum absolute atomic E-state index is 12.0. The minimum Gasteiger partial charge on any atom is -0.478 e. The third kappa shape index (κ3) is 3.88. The molecule has 2 rings (SSSR count). The van der Waals surface area contributed by atoms with Crippen LogP contribution in [0.1, 0.15) is 50.4 Å². The normalized spacial score (nSPS) is 10.6. The predicted molar refractivity (Wildman–Crippen MR) is 80.8 cm³/mol. The highest BCUT2D eigenvalue weighted by Crippen LogP contribution is 2.20. The lowest BCUT2D eigenvalue weighted by Gasteiger charge is -2.04. The van der Waals surface area contributed by atoms with Gasteiger partial charge in [-0.1, -0.05) is 26.0 Å². The molecule has 0 bridgehead atoms. The molecule has 0 unspecified atom stereocenters. The molecule has 1 heterocycles. The average molecular weight is 304 g/mol. The molecule has 0 saturated carbocycles. The molecule has 1 amide bonds. The van der Waals surface area contributed by atoms with E-state index in [4.69, 9.17) is 5.11 Å². The van der Waals surface area contributed by atoms with Crippen LogP contribution in [0.3, 0.4) is 0 Å². The van der Waals surface area contributed by atoms with E-state index in [1.807, 2.05) is 13.8 Å². The molecule has 0 aliphatic rings. The van der Waals surface area contributed by atoms with E-state index in [1.165, 1.54) is 23.5 Å². The van der Waals surface area contributed by atoms with Gasteiger partial charge in [-0.3, -0.25) is 4.79 Å². The number of hydrogen-bond acceptors (Lipinski definition) is 4. The molecule has 6 heteroatoms. The van der Waals surface area contributed by atoms with Gasteiger partial charge in [0.05, 0.1) is 16.8 Å². The van der Waals surface area contributed by atoms with Crippen LogP contribution < -0.4 is 5.32 Å². The number of aromatic nitrogens is 1. The predicted octanol–water partition coefficient (Wildman–Crippen LogP) is 2.89. The fraction of sp³-hybridized carbons (Fsp3) is 0.267. The zero-order valence-corrected chi connectivity index (χ0v) is 12.6. The molecule has 0 spiro atoms. The van der Waals surface area contributed by atoms with Gasteiger partial charge in [-0.2, -0.15) is 0 Å². The summed E-state index contributed by atoms with van der Waals surface area (Å²) in [7, 11) is 0. The fourth-order valence-electron chi connectivity index (χ4n) is 1.69. The van der Waals surface area contributed by atoms with Gasteiger partial charge in [0.1, 0.15) is 4.88 Å². The van der Waals surface area contributed by atoms with Crippen molar-refractivity contribution in [1.82, 2.24) is 10.3 Å². The summed E-state index contributed by atoms with van der Waals surface area (Å²) in [6.07, 6.45) is 1.59. The van der Waals surface area contributed by atoms with E-state index in [9.17, 15) is 9.59 Å². The average Bonchev–Trinajstić information content (AvgIpc) is 2.95. The molecule has 1 aromatic carbocycles. The molecular formula is C15H16N2O3S. The Labute approximate surface area is 126 Å². The van der Waals surface area contributed by atoms with Gasteiger partial charge < -0.3 is 10.4 Å². The first-order valence-corrected chi connectivity index (χ1v) is 7.35. The molecule has 1 aromatic heterocycles. The molecule has 2 aromatic rings. The lowest BCUT2D eigenvalue weighted by Crippen LogP contribution is -2.21. The Morgan fingerprint density at radius 1 is 1.29 bits per heavy atom. The molecule has 5 nitrogen and oxygen atoms in total. The Morgan fingerprint density at radius 3 is 2.48 bits per heavy atom. The lowest BCUT2D eigenvalue weighted by atomic mass is 10.1. The van der Waals surface area contributed by atoms with Crippen molar-refractivity contribution in [3.8, 4) is 0 Å². The quantitative estimate of drug-likeness (QED) is 0.890. The summed E-state index contributed by atoms with van der Waals surface area (Å²) < 4.78 is 0. The smallest absolute Gasteiger partial charge is 0.335 e. The second-order valence-electron chi connectivity index (χ2n) is 4.90. The van der Waals surface area contributed by atoms with Crippen molar-refractivity contribution in [2.45, 2.75) is 26.3 Å². The van der Waals surface area contributed by atoms with Crippen LogP contribution in [0.5, 0.6) is 0 Å². The van der Waals surface area contributed by atoms with Crippen LogP contribution in [0, 0.1) is 0 Å². The molecular weight excluding hydrogens is 288 g/mol. The van der Waals surface area contributed by atoms with Crippen LogP contribution in [0.4, 0.5) is 0 Å². The number of nitrogens with one attached hydrogen (secondary N) is 1. The van der Waals surface area contributed by atoms with E-state index in [-0.39, 0.29) is 11.5 Å². The Kier molecular flexibility index (Phi) is 4.70. The van der Waals surface area contributed by atoms with Crippen LogP contribution in [0.15, 0.2) is 30.5 Å². The number of nitrogens with zero attached hydrogens (tertiary/aromatic N) is 1. The minimum atomic E-state index is -0.962. The zero-order valence-electron chi connectivity index (χ0n) is 11.8. The first-order chi connectivity index (χ1) is 9.97. The van der Waals surface area contributed by atoms with Crippen molar-refractivity contribution in [2.75, 3.05) is 0 Å². The van der Waals surface area contributed by atoms with E-state index >= 15 is 0 Å². The van der Waals surface area contributed by atoms with Crippen LogP contribution in [-0.2, 0) is 6.54 Å². The molecule has 0 fully saturated rings. The van der Waals surface area contributed by atoms with Gasteiger partial charge in [0.25, 0.3) is 5.91 Å². The van der Waals surface area contributed by atoms with Crippen molar-refractivity contribution < 1.29 is 14.7 Å². The standard InChI is InChI=1S/C15H16N2O3S/c1-9(2)14-17-8-12(21-14)13(18)16-7-10-3-5-11(6-4-10)15(19)20/h3-6,8-9H,7H2,1-2H3,(H,16,18)(H,19,20). The summed E-state index contributed by atoms with van der Waals surface area (Å²) in [5, 5.41) is 12.6. The van der Waals surface area contributed by atoms with E-state index in [0.29, 0.717) is 17.3 Å². The number of carboxylic acids is 1. The number of rotatable bonds is 5. The van der Waals surface area contributed by atoms with E-state index in [1.54, 1.807) is 18.3 Å². The van der Waals surface area contributed by atoms with Gasteiger partial charge in [0.15, 0.2) is 0 Å². The summed E-state index contributed by atoms with van der Waals surface area (Å²) in [6.45, 7) is 4.42. The minimum absolute atomic E-state index is 0.165. The molecule has 0 radical (unpaired) electrons. The topological polar surface area (TPSA) is 79.3 Å². The third-order valence-electron chi connectivity index (χ3n) is 2.90. The van der Waals surface area contributed by atoms with Crippen LogP contribution in [0.2, 0.25) is 0 Å². The monoisotopic (exact) mass is 304 g/mol. The highest BCUT2D eigenvalue weighted by molar-refractivity contribution is 7.13. The summed E-state index contributed by atoms with van der Waals surface area (Å²) in [5.41, 5.74) is 1.08. The van der Waals surface area contributed by atoms with Crippen molar-refractivity contribution >= 4 is 23.2 Å². The Balaban J connectivity index is 1.95. The number of carboxylic acid groups (broad SMARTS) is 1. The van der Waals surface area contributed by atoms with Gasteiger partial charge in [-0.15, -0.1) is 11.3 Å². The van der Waals surface area contributed by atoms with Crippen molar-refractivity contribution in [2.24, 2.45) is 0 Å². The molecule has 0 aliphatic heterocycles. The summed E-state index contributed by atoms with van der Waals surface area (Å²) in [6, 6.07) is 6.42. The van der Waals surface area contributed by atoms with Crippen LogP contribution in [-0.4, -0.2) is 22.0 Å². The van der Waals surface area contributed by atoms with Gasteiger partial charge in [-0.25, -0.2) is 9.78 Å². The number of amides is 1. The highest BCUT2D eigenvalue weighted by Gasteiger charge is 2.12. The number of carbonyl (C=O) groups excluding carboxylic acids is 1. The third-order valence-corrected chi connectivity index (χ3v) is 4.19. The molecule has 0 aliphatic carbocycles. The van der Waals surface area contributed by atoms with Crippen molar-refractivity contribution in [1.29, 1.82) is 0 Å². The van der Waals surface area contributed by atoms with Crippen LogP contribution >= 0.6 is 11.3 Å². The molecule has 0 saturated heterocycles. The van der Waals surface area contributed by atoms with Crippen molar-refractivity contribution in [3.63, 3.8) is 0 Å². The molecule has 21 heavy (non-hydrogen) atoms. The fourth-order valence-corrected chi connectivity index (χ4v) is 2.53. The Bertz CT molecular complexity index is 647. The van der Waals surface area contributed by atoms with Gasteiger partial charge in [-0.05, 0) is 17.7 Å². The van der Waals surface area contributed by atoms with Crippen molar-refractivity contribution in [3.05, 3.63) is 51.5 Å². The first-order valence-electron chi connectivity index (χ1n) is 6.53. The summed E-state index contributed by atoms with van der Waals surface area (Å²) in [4.78, 5) is 27.5. The lowest BCUT2D eigenvalue weighted by molar-refractivity contribution is 0.0696. The van der Waals surface area contributed by atoms with E-state index in [2.05, 4.69) is 10.3 Å². The maximum Gasteiger partial charge on any atom is 0.335 e. The Hall–Kier alpha value is -2.21. The SMILES string of the molecule is CC(C)c1ncc(C(=O)NCc2ccc(C(=O)O)cc2)s1. The van der Waals surface area contributed by atoms with Crippen LogP contribution in [0.25, 0.3) is 0 Å². The maximum atomic E-state index is 12.0. The molecule has 2 N–H and O–H groups in total. The van der Waals surface area contributed by atoms with Gasteiger partial charge in [0.2, 0.25) is 0 Å². The highest BCUT2D eigenvalue weighted by atomic mass is 32.1. The number of carbonyl (C=O) groups is 2. The number of thiazole rings is 1. The van der Waals surface area contributed by atoms with E-state index < -0.39 is 5.97 Å². The van der Waals surface area contributed by atoms with Gasteiger partial charge in [0, 0.05) is 12.5 Å². The second kappa shape index (κ2) is 6.49. The number of hydrogen-bond donors (Lipinski definition) is 2. The second-order valence-corrected chi connectivity index (χ2v) is 5.96. The Morgan fingerprint density at radius 2 is 1.95 bits per heavy atom. The molecule has 0 atom stereocenters.